The van der Waals surface area contributed by atoms with E-state index in [9.17, 15) is 0 Å². The van der Waals surface area contributed by atoms with Gasteiger partial charge >= 0.3 is 0 Å². The molecule has 1 aromatic heterocycles. The summed E-state index contributed by atoms with van der Waals surface area (Å²) < 4.78 is 0.888. The Bertz CT molecular complexity index is 556. The number of hydrogen-bond acceptors (Lipinski definition) is 4. The lowest BCUT2D eigenvalue weighted by atomic mass is 9.94. The molecule has 98 valence electrons. The summed E-state index contributed by atoms with van der Waals surface area (Å²) in [6.07, 6.45) is 4.59. The van der Waals surface area contributed by atoms with E-state index < -0.39 is 0 Å². The van der Waals surface area contributed by atoms with E-state index in [1.54, 1.807) is 12.4 Å². The van der Waals surface area contributed by atoms with Crippen molar-refractivity contribution < 1.29 is 0 Å². The lowest BCUT2D eigenvalue weighted by molar-refractivity contribution is 0.522. The average Bonchev–Trinajstić information content (AvgIpc) is 2.47. The third-order valence-electron chi connectivity index (χ3n) is 3.30. The predicted octanol–water partition coefficient (Wildman–Crippen LogP) is 2.54. The molecule has 0 radical (unpaired) electrons. The quantitative estimate of drug-likeness (QED) is 0.913. The standard InChI is InChI=1S/C14H15BrN4/c15-11-7-17-14(18-8-11)19-9-13-12-4-2-1-3-10(12)5-6-16-13/h1-4,7-8,13,16H,5-6,9H2,(H,17,18,19). The van der Waals surface area contributed by atoms with Crippen molar-refractivity contribution in [2.45, 2.75) is 12.5 Å². The van der Waals surface area contributed by atoms with E-state index in [0.717, 1.165) is 24.0 Å². The molecule has 0 spiro atoms. The predicted molar refractivity (Wildman–Crippen MR) is 79.1 cm³/mol. The first-order chi connectivity index (χ1) is 9.33. The summed E-state index contributed by atoms with van der Waals surface area (Å²) >= 11 is 3.33. The molecule has 3 rings (SSSR count). The molecule has 0 aliphatic carbocycles. The highest BCUT2D eigenvalue weighted by atomic mass is 79.9. The SMILES string of the molecule is Brc1cnc(NCC2NCCc3ccccc32)nc1. The van der Waals surface area contributed by atoms with Crippen LogP contribution in [-0.2, 0) is 6.42 Å². The van der Waals surface area contributed by atoms with Crippen LogP contribution in [0.15, 0.2) is 41.1 Å². The van der Waals surface area contributed by atoms with Gasteiger partial charge in [-0.15, -0.1) is 0 Å². The van der Waals surface area contributed by atoms with E-state index in [4.69, 9.17) is 0 Å². The van der Waals surface area contributed by atoms with E-state index >= 15 is 0 Å². The molecule has 1 atom stereocenters. The second-order valence-corrected chi connectivity index (χ2v) is 5.48. The summed E-state index contributed by atoms with van der Waals surface area (Å²) in [5, 5.41) is 6.81. The van der Waals surface area contributed by atoms with Gasteiger partial charge in [0.1, 0.15) is 0 Å². The van der Waals surface area contributed by atoms with E-state index in [2.05, 4.69) is 60.8 Å². The molecule has 1 unspecified atom stereocenters. The summed E-state index contributed by atoms with van der Waals surface area (Å²) in [7, 11) is 0. The first-order valence-corrected chi connectivity index (χ1v) is 7.15. The number of fused-ring (bicyclic) bond motifs is 1. The summed E-state index contributed by atoms with van der Waals surface area (Å²) in [5.41, 5.74) is 2.81. The molecule has 5 heteroatoms. The minimum Gasteiger partial charge on any atom is -0.352 e. The number of rotatable bonds is 3. The van der Waals surface area contributed by atoms with Gasteiger partial charge in [-0.1, -0.05) is 24.3 Å². The van der Waals surface area contributed by atoms with Crippen molar-refractivity contribution in [2.75, 3.05) is 18.4 Å². The van der Waals surface area contributed by atoms with Crippen LogP contribution in [0.4, 0.5) is 5.95 Å². The van der Waals surface area contributed by atoms with Gasteiger partial charge in [0.25, 0.3) is 0 Å². The van der Waals surface area contributed by atoms with Crippen molar-refractivity contribution in [1.82, 2.24) is 15.3 Å². The van der Waals surface area contributed by atoms with Crippen LogP contribution in [0.3, 0.4) is 0 Å². The van der Waals surface area contributed by atoms with Crippen LogP contribution >= 0.6 is 15.9 Å². The molecule has 1 aromatic carbocycles. The van der Waals surface area contributed by atoms with Gasteiger partial charge in [-0.2, -0.15) is 0 Å². The molecule has 2 aromatic rings. The van der Waals surface area contributed by atoms with Gasteiger partial charge in [0.15, 0.2) is 0 Å². The summed E-state index contributed by atoms with van der Waals surface area (Å²) in [4.78, 5) is 8.44. The Balaban J connectivity index is 1.69. The maximum atomic E-state index is 4.22. The number of aromatic nitrogens is 2. The van der Waals surface area contributed by atoms with Crippen molar-refractivity contribution in [2.24, 2.45) is 0 Å². The van der Waals surface area contributed by atoms with Crippen LogP contribution in [0.25, 0.3) is 0 Å². The Labute approximate surface area is 120 Å². The third-order valence-corrected chi connectivity index (χ3v) is 3.71. The van der Waals surface area contributed by atoms with Gasteiger partial charge in [0, 0.05) is 25.0 Å². The number of hydrogen-bond donors (Lipinski definition) is 2. The van der Waals surface area contributed by atoms with Crippen LogP contribution in [-0.4, -0.2) is 23.1 Å². The molecule has 1 aliphatic heterocycles. The molecule has 2 heterocycles. The minimum absolute atomic E-state index is 0.317. The number of halogens is 1. The van der Waals surface area contributed by atoms with Crippen LogP contribution < -0.4 is 10.6 Å². The molecule has 0 amide bonds. The molecule has 4 nitrogen and oxygen atoms in total. The van der Waals surface area contributed by atoms with Crippen molar-refractivity contribution in [1.29, 1.82) is 0 Å². The fourth-order valence-electron chi connectivity index (χ4n) is 2.37. The molecule has 0 fully saturated rings. The molecular formula is C14H15BrN4. The highest BCUT2D eigenvalue weighted by Crippen LogP contribution is 2.22. The maximum Gasteiger partial charge on any atom is 0.222 e. The van der Waals surface area contributed by atoms with Gasteiger partial charge in [-0.3, -0.25) is 0 Å². The van der Waals surface area contributed by atoms with Gasteiger partial charge in [0.2, 0.25) is 5.95 Å². The zero-order valence-corrected chi connectivity index (χ0v) is 12.0. The van der Waals surface area contributed by atoms with Crippen molar-refractivity contribution in [3.8, 4) is 0 Å². The second kappa shape index (κ2) is 5.67. The lowest BCUT2D eigenvalue weighted by Crippen LogP contribution is -2.34. The Hall–Kier alpha value is -1.46. The number of benzene rings is 1. The van der Waals surface area contributed by atoms with E-state index in [-0.39, 0.29) is 0 Å². The van der Waals surface area contributed by atoms with Gasteiger partial charge < -0.3 is 10.6 Å². The zero-order valence-electron chi connectivity index (χ0n) is 10.4. The fourth-order valence-corrected chi connectivity index (χ4v) is 2.58. The molecule has 1 aliphatic rings. The van der Waals surface area contributed by atoms with Crippen molar-refractivity contribution in [3.63, 3.8) is 0 Å². The molecule has 0 saturated carbocycles. The molecular weight excluding hydrogens is 304 g/mol. The number of nitrogens with one attached hydrogen (secondary N) is 2. The summed E-state index contributed by atoms with van der Waals surface area (Å²) in [6, 6.07) is 8.91. The van der Waals surface area contributed by atoms with Crippen LogP contribution in [0.5, 0.6) is 0 Å². The first kappa shape index (κ1) is 12.6. The van der Waals surface area contributed by atoms with Gasteiger partial charge in [-0.25, -0.2) is 9.97 Å². The van der Waals surface area contributed by atoms with Crippen LogP contribution in [0, 0.1) is 0 Å². The van der Waals surface area contributed by atoms with Crippen molar-refractivity contribution >= 4 is 21.9 Å². The molecule has 19 heavy (non-hydrogen) atoms. The number of nitrogens with zero attached hydrogens (tertiary/aromatic N) is 2. The van der Waals surface area contributed by atoms with Gasteiger partial charge in [-0.05, 0) is 40.0 Å². The monoisotopic (exact) mass is 318 g/mol. The highest BCUT2D eigenvalue weighted by Gasteiger charge is 2.18. The van der Waals surface area contributed by atoms with Crippen LogP contribution in [0.2, 0.25) is 0 Å². The Morgan fingerprint density at radius 2 is 2.05 bits per heavy atom. The third kappa shape index (κ3) is 2.93. The topological polar surface area (TPSA) is 49.8 Å². The largest absolute Gasteiger partial charge is 0.352 e. The Morgan fingerprint density at radius 3 is 2.89 bits per heavy atom. The molecule has 0 bridgehead atoms. The van der Waals surface area contributed by atoms with Gasteiger partial charge in [0.05, 0.1) is 4.47 Å². The summed E-state index contributed by atoms with van der Waals surface area (Å²) in [5.74, 6) is 0.660. The normalized spacial score (nSPS) is 17.8. The smallest absolute Gasteiger partial charge is 0.222 e. The van der Waals surface area contributed by atoms with Crippen LogP contribution in [0.1, 0.15) is 17.2 Å². The van der Waals surface area contributed by atoms with E-state index in [0.29, 0.717) is 12.0 Å². The summed E-state index contributed by atoms with van der Waals surface area (Å²) in [6.45, 7) is 1.81. The Kier molecular flexibility index (Phi) is 3.75. The first-order valence-electron chi connectivity index (χ1n) is 6.35. The van der Waals surface area contributed by atoms with E-state index in [1.807, 2.05) is 0 Å². The minimum atomic E-state index is 0.317. The van der Waals surface area contributed by atoms with Crippen molar-refractivity contribution in [3.05, 3.63) is 52.3 Å². The number of anilines is 1. The average molecular weight is 319 g/mol. The van der Waals surface area contributed by atoms with E-state index in [1.165, 1.54) is 11.1 Å². The highest BCUT2D eigenvalue weighted by molar-refractivity contribution is 9.10. The Morgan fingerprint density at radius 1 is 1.26 bits per heavy atom. The zero-order chi connectivity index (χ0) is 13.1. The molecule has 0 saturated heterocycles. The fraction of sp³-hybridized carbons (Fsp3) is 0.286. The molecule has 2 N–H and O–H groups in total. The lowest BCUT2D eigenvalue weighted by Gasteiger charge is -2.27. The maximum absolute atomic E-state index is 4.22. The second-order valence-electron chi connectivity index (χ2n) is 4.56.